The summed E-state index contributed by atoms with van der Waals surface area (Å²) in [5.74, 6) is -5.66. The van der Waals surface area contributed by atoms with Gasteiger partial charge in [0.25, 0.3) is 11.8 Å². The zero-order valence-corrected chi connectivity index (χ0v) is 51.8. The molecule has 4 rings (SSSR count). The Morgan fingerprint density at radius 2 is 1.17 bits per heavy atom. The van der Waals surface area contributed by atoms with Crippen molar-refractivity contribution in [3.63, 3.8) is 0 Å². The third-order valence-corrected chi connectivity index (χ3v) is 16.1. The molecule has 460 valence electrons. The van der Waals surface area contributed by atoms with Crippen LogP contribution in [0.25, 0.3) is 0 Å². The lowest BCUT2D eigenvalue weighted by Crippen LogP contribution is -2.61. The lowest BCUT2D eigenvalue weighted by molar-refractivity contribution is -0.156. The number of carbonyl (C=O) groups is 10. The fourth-order valence-corrected chi connectivity index (χ4v) is 11.3. The van der Waals surface area contributed by atoms with E-state index in [9.17, 15) is 38.7 Å². The highest BCUT2D eigenvalue weighted by molar-refractivity contribution is 6.00. The second kappa shape index (κ2) is 32.2. The number of piperidine rings is 1. The molecule has 2 aromatic rings. The van der Waals surface area contributed by atoms with Gasteiger partial charge in [-0.25, -0.2) is 4.79 Å². The van der Waals surface area contributed by atoms with Gasteiger partial charge in [-0.1, -0.05) is 102 Å². The van der Waals surface area contributed by atoms with Gasteiger partial charge in [0, 0.05) is 67.8 Å². The number of nitrogens with zero attached hydrogens (tertiary/aromatic N) is 8. The summed E-state index contributed by atoms with van der Waals surface area (Å²) in [7, 11) is 7.37. The molecule has 0 saturated carbocycles. The molecule has 21 nitrogen and oxygen atoms in total. The minimum atomic E-state index is -1.35. The van der Waals surface area contributed by atoms with Crippen LogP contribution in [0, 0.1) is 17.8 Å². The van der Waals surface area contributed by atoms with Crippen LogP contribution in [0.2, 0.25) is 0 Å². The Labute approximate surface area is 492 Å². The fourth-order valence-electron chi connectivity index (χ4n) is 11.3. The number of likely N-dealkylation sites (N-methyl/N-ethyl adjacent to an activating group) is 6. The number of amides is 11. The summed E-state index contributed by atoms with van der Waals surface area (Å²) in [5.41, 5.74) is 1.65. The monoisotopic (exact) mass is 1160 g/mol. The molecule has 0 aliphatic carbocycles. The van der Waals surface area contributed by atoms with Crippen molar-refractivity contribution < 1.29 is 53.1 Å². The normalized spacial score (nSPS) is 16.9. The summed E-state index contributed by atoms with van der Waals surface area (Å²) in [6.07, 6.45) is 3.10. The van der Waals surface area contributed by atoms with Crippen LogP contribution in [0.3, 0.4) is 0 Å². The van der Waals surface area contributed by atoms with Gasteiger partial charge in [0.1, 0.15) is 48.4 Å². The van der Waals surface area contributed by atoms with Crippen molar-refractivity contribution in [2.45, 2.75) is 175 Å². The van der Waals surface area contributed by atoms with Crippen LogP contribution < -0.4 is 10.6 Å². The van der Waals surface area contributed by atoms with Crippen LogP contribution in [-0.4, -0.2) is 220 Å². The van der Waals surface area contributed by atoms with Crippen molar-refractivity contribution in [1.82, 2.24) is 49.8 Å². The van der Waals surface area contributed by atoms with Gasteiger partial charge in [-0.15, -0.1) is 0 Å². The number of rotatable bonds is 27. The minimum Gasteiger partial charge on any atom is -0.384 e. The molecule has 83 heavy (non-hydrogen) atoms. The first-order chi connectivity index (χ1) is 39.1. The van der Waals surface area contributed by atoms with Gasteiger partial charge in [0.2, 0.25) is 41.4 Å². The van der Waals surface area contributed by atoms with Gasteiger partial charge in [0.05, 0.1) is 6.54 Å². The van der Waals surface area contributed by atoms with Crippen LogP contribution in [0.1, 0.15) is 125 Å². The molecule has 8 atom stereocenters. The molecule has 0 bridgehead atoms. The van der Waals surface area contributed by atoms with Crippen molar-refractivity contribution in [2.75, 3.05) is 68.0 Å². The third kappa shape index (κ3) is 18.8. The average Bonchev–Trinajstić information content (AvgIpc) is 4.19. The highest BCUT2D eigenvalue weighted by Crippen LogP contribution is 2.27. The highest BCUT2D eigenvalue weighted by Gasteiger charge is 2.45. The van der Waals surface area contributed by atoms with Gasteiger partial charge in [-0.2, -0.15) is 0 Å². The van der Waals surface area contributed by atoms with E-state index < -0.39 is 120 Å². The number of aliphatic hydroxyl groups excluding tert-OH is 1. The van der Waals surface area contributed by atoms with E-state index in [1.807, 2.05) is 88.4 Å². The Morgan fingerprint density at radius 3 is 1.71 bits per heavy atom. The number of aryl methyl sites for hydroxylation is 1. The van der Waals surface area contributed by atoms with Crippen LogP contribution in [0.15, 0.2) is 60.7 Å². The molecule has 2 heterocycles. The highest BCUT2D eigenvalue weighted by atomic mass is 16.3. The largest absolute Gasteiger partial charge is 0.384 e. The molecular weight excluding hydrogens is 1060 g/mol. The Morgan fingerprint density at radius 1 is 0.602 bits per heavy atom. The first kappa shape index (κ1) is 68.6. The minimum absolute atomic E-state index is 0.0452. The van der Waals surface area contributed by atoms with E-state index in [1.54, 1.807) is 25.7 Å². The van der Waals surface area contributed by atoms with Crippen molar-refractivity contribution in [3.05, 3.63) is 71.8 Å². The predicted molar refractivity (Wildman–Crippen MR) is 317 cm³/mol. The SMILES string of the molecule is CCN(C(=O)[C@H](CCc1ccccc1)N(C)C(=O)CN(C)C(=O)[C@@H](C)O)[C@@H](Cc1ccccc1)C(=O)N(C)[C@@H](CC(C)C)C(=O)N1CCC[C@H]1C(=O)N(C)[C@@H](CC(C)C)C(=O)N[C@@H](C)C(=O)N(C)[C@H](C(=O)NC(=O)N1CCCCC1)C(C)C. The van der Waals surface area contributed by atoms with Crippen molar-refractivity contribution in [2.24, 2.45) is 17.8 Å². The lowest BCUT2D eigenvalue weighted by Gasteiger charge is -2.40. The van der Waals surface area contributed by atoms with Crippen LogP contribution in [0.4, 0.5) is 4.79 Å². The van der Waals surface area contributed by atoms with E-state index in [0.29, 0.717) is 25.9 Å². The molecule has 2 aliphatic heterocycles. The number of carbonyl (C=O) groups excluding carboxylic acids is 10. The van der Waals surface area contributed by atoms with Gasteiger partial charge in [0.15, 0.2) is 0 Å². The summed E-state index contributed by atoms with van der Waals surface area (Å²) in [5, 5.41) is 15.2. The molecule has 2 fully saturated rings. The number of benzene rings is 2. The molecule has 0 unspecified atom stereocenters. The zero-order chi connectivity index (χ0) is 62.0. The van der Waals surface area contributed by atoms with Crippen molar-refractivity contribution >= 4 is 59.2 Å². The van der Waals surface area contributed by atoms with E-state index >= 15 is 14.4 Å². The maximum atomic E-state index is 15.5. The summed E-state index contributed by atoms with van der Waals surface area (Å²) in [6, 6.07) is 10.5. The van der Waals surface area contributed by atoms with E-state index in [1.165, 1.54) is 78.5 Å². The first-order valence-corrected chi connectivity index (χ1v) is 29.7. The van der Waals surface area contributed by atoms with Crippen LogP contribution in [0.5, 0.6) is 0 Å². The summed E-state index contributed by atoms with van der Waals surface area (Å²) < 4.78 is 0. The van der Waals surface area contributed by atoms with Crippen LogP contribution in [-0.2, 0) is 56.0 Å². The average molecular weight is 1160 g/mol. The molecule has 3 N–H and O–H groups in total. The number of hydrogen-bond donors (Lipinski definition) is 3. The third-order valence-electron chi connectivity index (χ3n) is 16.1. The molecule has 2 aliphatic rings. The van der Waals surface area contributed by atoms with E-state index in [0.717, 1.165) is 35.3 Å². The second-order valence-corrected chi connectivity index (χ2v) is 23.8. The number of hydrogen-bond acceptors (Lipinski definition) is 11. The maximum absolute atomic E-state index is 15.5. The number of nitrogens with one attached hydrogen (secondary N) is 2. The Bertz CT molecular complexity index is 2520. The van der Waals surface area contributed by atoms with Crippen LogP contribution >= 0.6 is 0 Å². The zero-order valence-electron chi connectivity index (χ0n) is 51.8. The van der Waals surface area contributed by atoms with E-state index in [-0.39, 0.29) is 57.0 Å². The predicted octanol–water partition coefficient (Wildman–Crippen LogP) is 4.19. The molecule has 0 radical (unpaired) electrons. The smallest absolute Gasteiger partial charge is 0.324 e. The molecule has 0 aromatic heterocycles. The molecule has 11 amide bonds. The molecule has 0 spiro atoms. The maximum Gasteiger partial charge on any atom is 0.324 e. The van der Waals surface area contributed by atoms with Gasteiger partial charge in [-0.05, 0) is 107 Å². The lowest BCUT2D eigenvalue weighted by atomic mass is 9.97. The first-order valence-electron chi connectivity index (χ1n) is 29.7. The molecule has 21 heteroatoms. The number of aliphatic hydroxyl groups is 1. The molecule has 2 aromatic carbocycles. The molecular formula is C62H96N10O11. The summed E-state index contributed by atoms with van der Waals surface area (Å²) in [6.45, 7) is 16.6. The summed E-state index contributed by atoms with van der Waals surface area (Å²) in [4.78, 5) is 153. The number of imide groups is 1. The second-order valence-electron chi connectivity index (χ2n) is 23.8. The Kier molecular flexibility index (Phi) is 26.6. The van der Waals surface area contributed by atoms with E-state index in [2.05, 4.69) is 10.6 Å². The number of likely N-dealkylation sites (tertiary alicyclic amines) is 2. The quantitative estimate of drug-likeness (QED) is 0.115. The van der Waals surface area contributed by atoms with Gasteiger partial charge < -0.3 is 49.6 Å². The fraction of sp³-hybridized carbons (Fsp3) is 0.645. The standard InChI is InChI=1S/C62H96N10O11/c1-15-71(60(81)47(32-31-45-26-19-16-20-27-45)66(11)52(74)39-65(10)57(78)44(9)73)51(38-46-28-21-17-22-29-46)59(80)68(13)50(37-41(4)5)61(82)72-35-25-30-48(72)58(79)67(12)49(36-40(2)3)54(75)63-43(8)56(77)69(14)53(42(6)7)55(76)64-62(83)70-33-23-18-24-34-70/h16-17,19-22,26-29,40-44,47-51,53,73H,15,18,23-25,30-39H2,1-14H3,(H,63,75)(H,64,76,83)/t43-,44+,47-,48-,49-,50-,51-,53-/m0/s1. The van der Waals surface area contributed by atoms with Crippen molar-refractivity contribution in [1.29, 1.82) is 0 Å². The van der Waals surface area contributed by atoms with Gasteiger partial charge >= 0.3 is 6.03 Å². The topological polar surface area (TPSA) is 241 Å². The Balaban J connectivity index is 1.63. The summed E-state index contributed by atoms with van der Waals surface area (Å²) >= 11 is 0. The van der Waals surface area contributed by atoms with Crippen molar-refractivity contribution in [3.8, 4) is 0 Å². The Hall–Kier alpha value is -6.90. The number of urea groups is 1. The van der Waals surface area contributed by atoms with Gasteiger partial charge in [-0.3, -0.25) is 48.5 Å². The van der Waals surface area contributed by atoms with E-state index in [4.69, 9.17) is 0 Å². The molecule has 2 saturated heterocycles.